The van der Waals surface area contributed by atoms with Gasteiger partial charge >= 0.3 is 0 Å². The maximum atomic E-state index is 13.2. The zero-order valence-corrected chi connectivity index (χ0v) is 19.5. The van der Waals surface area contributed by atoms with E-state index in [1.807, 2.05) is 12.1 Å². The van der Waals surface area contributed by atoms with Crippen molar-refractivity contribution in [2.45, 2.75) is 13.0 Å². The SMILES string of the molecule is O=C1/C(=C/c2c(NCCCO)nc3ccccn3c2=O)SC(=S)N1Cc1ccc2c(c1)OCO2. The van der Waals surface area contributed by atoms with Gasteiger partial charge < -0.3 is 19.9 Å². The van der Waals surface area contributed by atoms with Crippen LogP contribution < -0.4 is 20.3 Å². The number of carbonyl (C=O) groups excluding carboxylic acids is 1. The number of fused-ring (bicyclic) bond motifs is 2. The van der Waals surface area contributed by atoms with Crippen LogP contribution in [0.3, 0.4) is 0 Å². The molecular weight excluding hydrogens is 476 g/mol. The summed E-state index contributed by atoms with van der Waals surface area (Å²) in [7, 11) is 0. The number of amides is 1. The Morgan fingerprint density at radius 3 is 2.91 bits per heavy atom. The van der Waals surface area contributed by atoms with Crippen molar-refractivity contribution in [3.8, 4) is 11.5 Å². The number of benzene rings is 1. The van der Waals surface area contributed by atoms with Crippen molar-refractivity contribution in [1.29, 1.82) is 0 Å². The van der Waals surface area contributed by atoms with Gasteiger partial charge in [0.1, 0.15) is 15.8 Å². The molecule has 0 unspecified atom stereocenters. The van der Waals surface area contributed by atoms with Gasteiger partial charge in [-0.05, 0) is 42.3 Å². The van der Waals surface area contributed by atoms with Gasteiger partial charge in [-0.1, -0.05) is 36.1 Å². The van der Waals surface area contributed by atoms with Crippen LogP contribution >= 0.6 is 24.0 Å². The Morgan fingerprint density at radius 2 is 2.06 bits per heavy atom. The number of rotatable bonds is 7. The first-order valence-corrected chi connectivity index (χ1v) is 11.8. The first-order valence-electron chi connectivity index (χ1n) is 10.5. The van der Waals surface area contributed by atoms with Crippen molar-refractivity contribution in [2.24, 2.45) is 0 Å². The summed E-state index contributed by atoms with van der Waals surface area (Å²) in [6.07, 6.45) is 3.66. The van der Waals surface area contributed by atoms with Crippen LogP contribution in [-0.2, 0) is 11.3 Å². The zero-order chi connectivity index (χ0) is 23.7. The lowest BCUT2D eigenvalue weighted by Gasteiger charge is -2.14. The summed E-state index contributed by atoms with van der Waals surface area (Å²) in [5.74, 6) is 1.36. The van der Waals surface area contributed by atoms with Crippen molar-refractivity contribution < 1.29 is 19.4 Å². The number of carbonyl (C=O) groups is 1. The molecule has 0 atom stereocenters. The minimum Gasteiger partial charge on any atom is -0.454 e. The minimum absolute atomic E-state index is 0.00735. The molecule has 9 nitrogen and oxygen atoms in total. The van der Waals surface area contributed by atoms with Crippen LogP contribution in [0.2, 0.25) is 0 Å². The number of pyridine rings is 1. The van der Waals surface area contributed by atoms with E-state index < -0.39 is 0 Å². The molecular formula is C23H20N4O5S2. The summed E-state index contributed by atoms with van der Waals surface area (Å²) in [5, 5.41) is 12.2. The molecule has 0 aliphatic carbocycles. The zero-order valence-electron chi connectivity index (χ0n) is 17.9. The summed E-state index contributed by atoms with van der Waals surface area (Å²) in [6, 6.07) is 10.8. The maximum absolute atomic E-state index is 13.2. The van der Waals surface area contributed by atoms with Crippen LogP contribution in [0.5, 0.6) is 11.5 Å². The highest BCUT2D eigenvalue weighted by molar-refractivity contribution is 8.26. The number of hydrogen-bond acceptors (Lipinski definition) is 9. The molecule has 34 heavy (non-hydrogen) atoms. The Bertz CT molecular complexity index is 1390. The number of nitrogens with one attached hydrogen (secondary N) is 1. The predicted octanol–water partition coefficient (Wildman–Crippen LogP) is 2.62. The molecule has 0 saturated carbocycles. The van der Waals surface area contributed by atoms with Gasteiger partial charge in [0, 0.05) is 19.3 Å². The first kappa shape index (κ1) is 22.4. The third-order valence-corrected chi connectivity index (χ3v) is 6.70. The second kappa shape index (κ2) is 9.45. The number of aliphatic hydroxyl groups is 1. The molecule has 2 aliphatic heterocycles. The van der Waals surface area contributed by atoms with Gasteiger partial charge in [0.2, 0.25) is 6.79 Å². The molecule has 0 bridgehead atoms. The largest absolute Gasteiger partial charge is 0.454 e. The molecule has 0 spiro atoms. The molecule has 0 radical (unpaired) electrons. The van der Waals surface area contributed by atoms with Gasteiger partial charge in [-0.3, -0.25) is 18.9 Å². The van der Waals surface area contributed by atoms with E-state index in [1.165, 1.54) is 15.4 Å². The average molecular weight is 497 g/mol. The lowest BCUT2D eigenvalue weighted by molar-refractivity contribution is -0.122. The first-order chi connectivity index (χ1) is 16.5. The van der Waals surface area contributed by atoms with Crippen LogP contribution in [0.15, 0.2) is 52.3 Å². The smallest absolute Gasteiger partial charge is 0.267 e. The third-order valence-electron chi connectivity index (χ3n) is 5.32. The number of aromatic nitrogens is 2. The molecule has 174 valence electrons. The van der Waals surface area contributed by atoms with E-state index in [1.54, 1.807) is 30.5 Å². The fourth-order valence-electron chi connectivity index (χ4n) is 3.64. The molecule has 4 heterocycles. The second-order valence-corrected chi connectivity index (χ2v) is 9.24. The lowest BCUT2D eigenvalue weighted by Crippen LogP contribution is -2.27. The molecule has 1 aromatic carbocycles. The highest BCUT2D eigenvalue weighted by atomic mass is 32.2. The minimum atomic E-state index is -0.307. The van der Waals surface area contributed by atoms with Gasteiger partial charge in [-0.2, -0.15) is 0 Å². The van der Waals surface area contributed by atoms with Crippen LogP contribution in [0.25, 0.3) is 11.7 Å². The van der Waals surface area contributed by atoms with Crippen molar-refractivity contribution in [2.75, 3.05) is 25.3 Å². The molecule has 1 saturated heterocycles. The number of thiocarbonyl (C=S) groups is 1. The summed E-state index contributed by atoms with van der Waals surface area (Å²) in [6.45, 7) is 0.882. The molecule has 11 heteroatoms. The van der Waals surface area contributed by atoms with E-state index in [2.05, 4.69) is 10.3 Å². The van der Waals surface area contributed by atoms with Gasteiger partial charge in [0.05, 0.1) is 17.0 Å². The van der Waals surface area contributed by atoms with E-state index in [0.29, 0.717) is 45.2 Å². The second-order valence-electron chi connectivity index (χ2n) is 7.57. The van der Waals surface area contributed by atoms with Crippen molar-refractivity contribution in [3.63, 3.8) is 0 Å². The van der Waals surface area contributed by atoms with Crippen molar-refractivity contribution in [3.05, 3.63) is 69.0 Å². The van der Waals surface area contributed by atoms with Crippen LogP contribution in [0, 0.1) is 0 Å². The van der Waals surface area contributed by atoms with Crippen LogP contribution in [0.1, 0.15) is 17.5 Å². The lowest BCUT2D eigenvalue weighted by atomic mass is 10.2. The Labute approximate surface area is 204 Å². The number of ether oxygens (including phenoxy) is 2. The maximum Gasteiger partial charge on any atom is 0.267 e. The van der Waals surface area contributed by atoms with Gasteiger partial charge in [-0.15, -0.1) is 0 Å². The Balaban J connectivity index is 1.47. The summed E-state index contributed by atoms with van der Waals surface area (Å²) in [5.41, 5.74) is 1.27. The van der Waals surface area contributed by atoms with Gasteiger partial charge in [-0.25, -0.2) is 4.98 Å². The third kappa shape index (κ3) is 4.25. The summed E-state index contributed by atoms with van der Waals surface area (Å²) in [4.78, 5) is 32.8. The standard InChI is InChI=1S/C23H20N4O5S2/c28-9-3-7-24-20-15(21(29)26-8-2-1-4-19(26)25-20)11-18-22(30)27(23(33)34-18)12-14-5-6-16-17(10-14)32-13-31-16/h1-2,4-6,8,10-11,24,28H,3,7,9,12-13H2/b18-11-. The summed E-state index contributed by atoms with van der Waals surface area (Å²) >= 11 is 6.61. The Kier molecular flexibility index (Phi) is 6.22. The number of thioether (sulfide) groups is 1. The highest BCUT2D eigenvalue weighted by Gasteiger charge is 2.33. The predicted molar refractivity (Wildman–Crippen MR) is 133 cm³/mol. The van der Waals surface area contributed by atoms with E-state index in [0.717, 1.165) is 17.3 Å². The average Bonchev–Trinajstić information content (AvgIpc) is 3.41. The number of nitrogens with zero attached hydrogens (tertiary/aromatic N) is 3. The highest BCUT2D eigenvalue weighted by Crippen LogP contribution is 2.36. The molecule has 2 aromatic heterocycles. The monoisotopic (exact) mass is 496 g/mol. The van der Waals surface area contributed by atoms with Crippen molar-refractivity contribution in [1.82, 2.24) is 14.3 Å². The van der Waals surface area contributed by atoms with Crippen LogP contribution in [0.4, 0.5) is 5.82 Å². The molecule has 5 rings (SSSR count). The number of anilines is 1. The van der Waals surface area contributed by atoms with Gasteiger partial charge in [0.25, 0.3) is 11.5 Å². The molecule has 1 fully saturated rings. The number of hydrogen-bond donors (Lipinski definition) is 2. The van der Waals surface area contributed by atoms with E-state index in [-0.39, 0.29) is 37.0 Å². The van der Waals surface area contributed by atoms with E-state index in [9.17, 15) is 9.59 Å². The van der Waals surface area contributed by atoms with Gasteiger partial charge in [0.15, 0.2) is 11.5 Å². The van der Waals surface area contributed by atoms with E-state index >= 15 is 0 Å². The topological polar surface area (TPSA) is 105 Å². The Hall–Kier alpha value is -3.41. The molecule has 1 amide bonds. The number of aliphatic hydroxyl groups excluding tert-OH is 1. The van der Waals surface area contributed by atoms with E-state index in [4.69, 9.17) is 26.8 Å². The normalized spacial score (nSPS) is 16.1. The molecule has 2 N–H and O–H groups in total. The fourth-order valence-corrected chi connectivity index (χ4v) is 4.88. The van der Waals surface area contributed by atoms with Crippen molar-refractivity contribution >= 4 is 51.7 Å². The molecule has 2 aliphatic rings. The summed E-state index contributed by atoms with van der Waals surface area (Å²) < 4.78 is 12.6. The molecule has 3 aromatic rings. The quantitative estimate of drug-likeness (QED) is 0.290. The van der Waals surface area contributed by atoms with Crippen LogP contribution in [-0.4, -0.2) is 49.6 Å². The Morgan fingerprint density at radius 1 is 1.21 bits per heavy atom. The fraction of sp³-hybridized carbons (Fsp3) is 0.217.